The summed E-state index contributed by atoms with van der Waals surface area (Å²) < 4.78 is 0. The first kappa shape index (κ1) is 17.6. The minimum absolute atomic E-state index is 0. The topological polar surface area (TPSA) is 127 Å². The fraction of sp³-hybridized carbons (Fsp3) is 0.667. The monoisotopic (exact) mass is 304 g/mol. The molecule has 0 saturated carbocycles. The summed E-state index contributed by atoms with van der Waals surface area (Å²) in [6.07, 6.45) is 0. The van der Waals surface area contributed by atoms with Crippen LogP contribution in [0.3, 0.4) is 0 Å². The van der Waals surface area contributed by atoms with E-state index in [2.05, 4.69) is 0 Å². The minimum atomic E-state index is -1.07. The van der Waals surface area contributed by atoms with Crippen LogP contribution in [0.1, 0.15) is 0 Å². The Morgan fingerprint density at radius 1 is 1.00 bits per heavy atom. The zero-order valence-corrected chi connectivity index (χ0v) is 12.6. The standard InChI is InChI=1S/C6H12N2O4S2.Zn/c7-3(5(9)10)1-13-14-2-4(8)6(11)12;/h3-4H,1-2,7-8H2,(H,9,10)(H,11,12);/t3-,4-;/m0./s1. The summed E-state index contributed by atoms with van der Waals surface area (Å²) in [6, 6.07) is -1.85. The van der Waals surface area contributed by atoms with E-state index in [-0.39, 0.29) is 31.0 Å². The molecule has 0 spiro atoms. The Kier molecular flexibility index (Phi) is 11.0. The van der Waals surface area contributed by atoms with E-state index < -0.39 is 24.0 Å². The molecular weight excluding hydrogens is 294 g/mol. The summed E-state index contributed by atoms with van der Waals surface area (Å²) in [5.41, 5.74) is 10.4. The third-order valence-corrected chi connectivity index (χ3v) is 3.69. The second kappa shape index (κ2) is 9.41. The first-order chi connectivity index (χ1) is 6.45. The third kappa shape index (κ3) is 9.13. The van der Waals surface area contributed by atoms with Crippen LogP contribution in [0.5, 0.6) is 0 Å². The van der Waals surface area contributed by atoms with Gasteiger partial charge in [0.05, 0.1) is 0 Å². The van der Waals surface area contributed by atoms with E-state index in [1.165, 1.54) is 21.6 Å². The van der Waals surface area contributed by atoms with E-state index in [4.69, 9.17) is 21.7 Å². The Bertz CT molecular complexity index is 197. The summed E-state index contributed by atoms with van der Waals surface area (Å²) in [6.45, 7) is 0. The smallest absolute Gasteiger partial charge is 0.321 e. The van der Waals surface area contributed by atoms with Gasteiger partial charge >= 0.3 is 11.9 Å². The van der Waals surface area contributed by atoms with E-state index in [9.17, 15) is 9.59 Å². The van der Waals surface area contributed by atoms with Gasteiger partial charge in [-0.05, 0) is 0 Å². The molecule has 0 aliphatic rings. The van der Waals surface area contributed by atoms with Gasteiger partial charge in [-0.25, -0.2) is 0 Å². The minimum Gasteiger partial charge on any atom is -0.480 e. The molecule has 0 aromatic carbocycles. The molecule has 0 bridgehead atoms. The maximum absolute atomic E-state index is 10.3. The van der Waals surface area contributed by atoms with Crippen molar-refractivity contribution in [1.82, 2.24) is 0 Å². The predicted molar refractivity (Wildman–Crippen MR) is 56.1 cm³/mol. The molecule has 0 aromatic heterocycles. The number of rotatable bonds is 7. The zero-order valence-electron chi connectivity index (χ0n) is 7.96. The van der Waals surface area contributed by atoms with Crippen molar-refractivity contribution < 1.29 is 39.3 Å². The Balaban J connectivity index is 0. The third-order valence-electron chi connectivity index (χ3n) is 1.21. The Morgan fingerprint density at radius 2 is 1.27 bits per heavy atom. The van der Waals surface area contributed by atoms with Gasteiger partial charge in [0, 0.05) is 31.0 Å². The number of aliphatic carboxylic acids is 2. The number of nitrogens with two attached hydrogens (primary N) is 2. The summed E-state index contributed by atoms with van der Waals surface area (Å²) in [5, 5.41) is 16.8. The van der Waals surface area contributed by atoms with Gasteiger partial charge in [-0.2, -0.15) is 0 Å². The van der Waals surface area contributed by atoms with Gasteiger partial charge < -0.3 is 21.7 Å². The second-order valence-electron chi connectivity index (χ2n) is 2.46. The molecule has 0 aliphatic carbocycles. The summed E-state index contributed by atoms with van der Waals surface area (Å²) in [5.74, 6) is -1.68. The predicted octanol–water partition coefficient (Wildman–Crippen LogP) is -0.811. The number of carbonyl (C=O) groups is 2. The maximum Gasteiger partial charge on any atom is 0.321 e. The Morgan fingerprint density at radius 3 is 1.47 bits per heavy atom. The summed E-state index contributed by atoms with van der Waals surface area (Å²) >= 11 is 0. The molecule has 15 heavy (non-hydrogen) atoms. The van der Waals surface area contributed by atoms with Crippen molar-refractivity contribution in [3.63, 3.8) is 0 Å². The van der Waals surface area contributed by atoms with Crippen LogP contribution in [0.25, 0.3) is 0 Å². The van der Waals surface area contributed by atoms with Crippen LogP contribution in [0.2, 0.25) is 0 Å². The van der Waals surface area contributed by atoms with Gasteiger partial charge in [-0.15, -0.1) is 0 Å². The fourth-order valence-corrected chi connectivity index (χ4v) is 2.61. The molecular formula is C6H12N2O4S2Zn. The SMILES string of the molecule is N[C@@H](CSSC[C@H](N)C(=O)O)C(=O)O.[Zn]. The maximum atomic E-state index is 10.3. The van der Waals surface area contributed by atoms with E-state index in [1.807, 2.05) is 0 Å². The van der Waals surface area contributed by atoms with Crippen molar-refractivity contribution in [2.24, 2.45) is 11.5 Å². The van der Waals surface area contributed by atoms with E-state index in [1.54, 1.807) is 0 Å². The van der Waals surface area contributed by atoms with Gasteiger partial charge in [0.2, 0.25) is 0 Å². The van der Waals surface area contributed by atoms with Gasteiger partial charge in [-0.3, -0.25) is 9.59 Å². The molecule has 0 aromatic rings. The molecule has 0 radical (unpaired) electrons. The Labute approximate surface area is 108 Å². The van der Waals surface area contributed by atoms with Gasteiger partial charge in [-0.1, -0.05) is 21.6 Å². The number of carboxylic acids is 2. The average Bonchev–Trinajstić information content (AvgIpc) is 2.11. The second-order valence-corrected chi connectivity index (χ2v) is 5.01. The van der Waals surface area contributed by atoms with Gasteiger partial charge in [0.25, 0.3) is 0 Å². The largest absolute Gasteiger partial charge is 0.480 e. The molecule has 6 N–H and O–H groups in total. The molecule has 84 valence electrons. The molecule has 2 atom stereocenters. The van der Waals surface area contributed by atoms with Crippen LogP contribution < -0.4 is 11.5 Å². The molecule has 0 unspecified atom stereocenters. The van der Waals surface area contributed by atoms with Crippen molar-refractivity contribution >= 4 is 33.5 Å². The first-order valence-electron chi connectivity index (χ1n) is 3.66. The summed E-state index contributed by atoms with van der Waals surface area (Å²) in [4.78, 5) is 20.5. The molecule has 0 fully saturated rings. The number of carboxylic acid groups (broad SMARTS) is 2. The van der Waals surface area contributed by atoms with Crippen molar-refractivity contribution in [3.8, 4) is 0 Å². The molecule has 0 saturated heterocycles. The molecule has 6 nitrogen and oxygen atoms in total. The van der Waals surface area contributed by atoms with Crippen LogP contribution in [-0.4, -0.2) is 45.7 Å². The molecule has 0 amide bonds. The normalized spacial score (nSPS) is 13.7. The fourth-order valence-electron chi connectivity index (χ4n) is 0.385. The van der Waals surface area contributed by atoms with Crippen LogP contribution in [-0.2, 0) is 29.1 Å². The molecule has 0 heterocycles. The summed E-state index contributed by atoms with van der Waals surface area (Å²) in [7, 11) is 2.41. The van der Waals surface area contributed by atoms with Crippen molar-refractivity contribution in [2.75, 3.05) is 11.5 Å². The van der Waals surface area contributed by atoms with Crippen LogP contribution in [0.4, 0.5) is 0 Å². The van der Waals surface area contributed by atoms with Gasteiger partial charge in [0.15, 0.2) is 0 Å². The van der Waals surface area contributed by atoms with Crippen molar-refractivity contribution in [2.45, 2.75) is 12.1 Å². The Hall–Kier alpha value is 0.183. The first-order valence-corrected chi connectivity index (χ1v) is 6.15. The molecule has 0 aliphatic heterocycles. The molecule has 9 heteroatoms. The average molecular weight is 306 g/mol. The molecule has 0 rings (SSSR count). The van der Waals surface area contributed by atoms with Crippen molar-refractivity contribution in [3.05, 3.63) is 0 Å². The quantitative estimate of drug-likeness (QED) is 0.273. The van der Waals surface area contributed by atoms with E-state index in [0.29, 0.717) is 0 Å². The van der Waals surface area contributed by atoms with E-state index >= 15 is 0 Å². The van der Waals surface area contributed by atoms with E-state index in [0.717, 1.165) is 0 Å². The van der Waals surface area contributed by atoms with Crippen LogP contribution in [0, 0.1) is 0 Å². The zero-order chi connectivity index (χ0) is 11.1. The van der Waals surface area contributed by atoms with Crippen LogP contribution in [0.15, 0.2) is 0 Å². The van der Waals surface area contributed by atoms with Crippen molar-refractivity contribution in [1.29, 1.82) is 0 Å². The number of hydrogen-bond acceptors (Lipinski definition) is 6. The number of hydrogen-bond donors (Lipinski definition) is 4. The van der Waals surface area contributed by atoms with Crippen LogP contribution >= 0.6 is 21.6 Å². The van der Waals surface area contributed by atoms with Gasteiger partial charge in [0.1, 0.15) is 12.1 Å².